The predicted molar refractivity (Wildman–Crippen MR) is 92.5 cm³/mol. The number of carbonyl (C=O) groups excluding carboxylic acids is 2. The molecule has 2 rings (SSSR count). The molecule has 7 heteroatoms. The molecular formula is C18H18ClFN2O3. The van der Waals surface area contributed by atoms with Crippen LogP contribution in [0.4, 0.5) is 4.39 Å². The summed E-state index contributed by atoms with van der Waals surface area (Å²) in [7, 11) is 1.49. The van der Waals surface area contributed by atoms with E-state index in [0.29, 0.717) is 10.6 Å². The van der Waals surface area contributed by atoms with Crippen LogP contribution in [-0.2, 0) is 20.9 Å². The predicted octanol–water partition coefficient (Wildman–Crippen LogP) is 2.60. The second-order valence-electron chi connectivity index (χ2n) is 5.27. The van der Waals surface area contributed by atoms with Crippen LogP contribution in [0.3, 0.4) is 0 Å². The van der Waals surface area contributed by atoms with E-state index in [0.717, 1.165) is 5.56 Å². The van der Waals surface area contributed by atoms with Gasteiger partial charge >= 0.3 is 11.8 Å². The van der Waals surface area contributed by atoms with Crippen molar-refractivity contribution in [2.75, 3.05) is 13.7 Å². The van der Waals surface area contributed by atoms with Crippen molar-refractivity contribution < 1.29 is 18.7 Å². The number of hydrogen-bond donors (Lipinski definition) is 2. The second kappa shape index (κ2) is 9.15. The quantitative estimate of drug-likeness (QED) is 0.774. The van der Waals surface area contributed by atoms with Crippen molar-refractivity contribution in [1.29, 1.82) is 0 Å². The lowest BCUT2D eigenvalue weighted by Gasteiger charge is -2.17. The van der Waals surface area contributed by atoms with Crippen molar-refractivity contribution in [3.8, 4) is 0 Å². The monoisotopic (exact) mass is 364 g/mol. The van der Waals surface area contributed by atoms with E-state index < -0.39 is 17.9 Å². The zero-order chi connectivity index (χ0) is 18.2. The van der Waals surface area contributed by atoms with Crippen LogP contribution in [-0.4, -0.2) is 25.5 Å². The van der Waals surface area contributed by atoms with Crippen LogP contribution < -0.4 is 10.6 Å². The van der Waals surface area contributed by atoms with Gasteiger partial charge in [-0.15, -0.1) is 0 Å². The molecular weight excluding hydrogens is 347 g/mol. The normalized spacial score (nSPS) is 11.6. The first kappa shape index (κ1) is 18.9. The van der Waals surface area contributed by atoms with Crippen molar-refractivity contribution in [1.82, 2.24) is 10.6 Å². The molecule has 1 atom stereocenters. The first-order chi connectivity index (χ1) is 12.0. The average molecular weight is 365 g/mol. The lowest BCUT2D eigenvalue weighted by molar-refractivity contribution is -0.139. The zero-order valence-corrected chi connectivity index (χ0v) is 14.3. The molecule has 0 spiro atoms. The summed E-state index contributed by atoms with van der Waals surface area (Å²) >= 11 is 6.11. The van der Waals surface area contributed by atoms with Crippen molar-refractivity contribution in [3.63, 3.8) is 0 Å². The van der Waals surface area contributed by atoms with Gasteiger partial charge in [0, 0.05) is 30.8 Å². The van der Waals surface area contributed by atoms with Gasteiger partial charge < -0.3 is 15.4 Å². The standard InChI is InChI=1S/C18H18ClFN2O3/c1-25-16(14-4-2-3-5-15(14)19)11-22-18(24)17(23)21-10-12-6-8-13(20)9-7-12/h2-9,16H,10-11H2,1H3,(H,21,23)(H,22,24). The molecule has 1 unspecified atom stereocenters. The van der Waals surface area contributed by atoms with Crippen LogP contribution in [0.2, 0.25) is 5.02 Å². The molecule has 5 nitrogen and oxygen atoms in total. The third kappa shape index (κ3) is 5.55. The largest absolute Gasteiger partial charge is 0.375 e. The summed E-state index contributed by atoms with van der Waals surface area (Å²) < 4.78 is 18.1. The number of rotatable bonds is 6. The molecule has 0 aromatic heterocycles. The van der Waals surface area contributed by atoms with E-state index in [1.54, 1.807) is 18.2 Å². The van der Waals surface area contributed by atoms with Gasteiger partial charge in [0.1, 0.15) is 11.9 Å². The highest BCUT2D eigenvalue weighted by Crippen LogP contribution is 2.24. The van der Waals surface area contributed by atoms with Gasteiger partial charge in [-0.3, -0.25) is 9.59 Å². The van der Waals surface area contributed by atoms with Crippen LogP contribution in [0.15, 0.2) is 48.5 Å². The van der Waals surface area contributed by atoms with Gasteiger partial charge in [0.2, 0.25) is 0 Å². The van der Waals surface area contributed by atoms with E-state index in [9.17, 15) is 14.0 Å². The Hall–Kier alpha value is -2.44. The molecule has 25 heavy (non-hydrogen) atoms. The second-order valence-corrected chi connectivity index (χ2v) is 5.67. The summed E-state index contributed by atoms with van der Waals surface area (Å²) in [6, 6.07) is 12.8. The highest BCUT2D eigenvalue weighted by Gasteiger charge is 2.18. The number of methoxy groups -OCH3 is 1. The lowest BCUT2D eigenvalue weighted by atomic mass is 10.1. The maximum absolute atomic E-state index is 12.8. The number of hydrogen-bond acceptors (Lipinski definition) is 3. The van der Waals surface area contributed by atoms with E-state index >= 15 is 0 Å². The minimum atomic E-state index is -0.781. The molecule has 0 radical (unpaired) electrons. The highest BCUT2D eigenvalue weighted by atomic mass is 35.5. The number of carbonyl (C=O) groups is 2. The summed E-state index contributed by atoms with van der Waals surface area (Å²) in [4.78, 5) is 23.7. The third-order valence-corrected chi connectivity index (χ3v) is 3.90. The van der Waals surface area contributed by atoms with Gasteiger partial charge in [0.15, 0.2) is 0 Å². The molecule has 2 aromatic carbocycles. The Bertz CT molecular complexity index is 737. The topological polar surface area (TPSA) is 67.4 Å². The van der Waals surface area contributed by atoms with Gasteiger partial charge in [-0.05, 0) is 23.8 Å². The van der Waals surface area contributed by atoms with E-state index in [2.05, 4.69) is 10.6 Å². The molecule has 0 saturated heterocycles. The van der Waals surface area contributed by atoms with Crippen molar-refractivity contribution in [2.45, 2.75) is 12.6 Å². The van der Waals surface area contributed by atoms with Gasteiger partial charge in [-0.25, -0.2) is 4.39 Å². The van der Waals surface area contributed by atoms with Crippen LogP contribution in [0.25, 0.3) is 0 Å². The Morgan fingerprint density at radius 2 is 1.72 bits per heavy atom. The number of ether oxygens (including phenoxy) is 1. The fourth-order valence-corrected chi connectivity index (χ4v) is 2.44. The Balaban J connectivity index is 1.85. The molecule has 2 aromatic rings. The summed E-state index contributed by atoms with van der Waals surface area (Å²) in [5.74, 6) is -1.92. The molecule has 0 aliphatic carbocycles. The van der Waals surface area contributed by atoms with Gasteiger partial charge in [-0.1, -0.05) is 41.9 Å². The van der Waals surface area contributed by atoms with Crippen LogP contribution >= 0.6 is 11.6 Å². The Kier molecular flexibility index (Phi) is 6.91. The minimum absolute atomic E-state index is 0.100. The van der Waals surface area contributed by atoms with Crippen LogP contribution in [0.5, 0.6) is 0 Å². The summed E-state index contributed by atoms with van der Waals surface area (Å²) in [6.45, 7) is 0.230. The van der Waals surface area contributed by atoms with E-state index in [-0.39, 0.29) is 18.9 Å². The molecule has 0 aliphatic heterocycles. The molecule has 132 valence electrons. The van der Waals surface area contributed by atoms with Gasteiger partial charge in [0.05, 0.1) is 0 Å². The first-order valence-corrected chi connectivity index (χ1v) is 7.96. The molecule has 0 aliphatic rings. The van der Waals surface area contributed by atoms with Crippen molar-refractivity contribution in [3.05, 3.63) is 70.5 Å². The van der Waals surface area contributed by atoms with Crippen molar-refractivity contribution in [2.24, 2.45) is 0 Å². The number of nitrogens with one attached hydrogen (secondary N) is 2. The fourth-order valence-electron chi connectivity index (χ4n) is 2.19. The molecule has 2 amide bonds. The van der Waals surface area contributed by atoms with Gasteiger partial charge in [-0.2, -0.15) is 0 Å². The number of halogens is 2. The zero-order valence-electron chi connectivity index (χ0n) is 13.6. The Morgan fingerprint density at radius 3 is 2.36 bits per heavy atom. The molecule has 0 bridgehead atoms. The molecule has 0 fully saturated rings. The maximum atomic E-state index is 12.8. The van der Waals surface area contributed by atoms with Gasteiger partial charge in [0.25, 0.3) is 0 Å². The minimum Gasteiger partial charge on any atom is -0.375 e. The maximum Gasteiger partial charge on any atom is 0.309 e. The number of benzene rings is 2. The van der Waals surface area contributed by atoms with E-state index in [1.807, 2.05) is 6.07 Å². The molecule has 2 N–H and O–H groups in total. The van der Waals surface area contributed by atoms with Crippen molar-refractivity contribution >= 4 is 23.4 Å². The smallest absolute Gasteiger partial charge is 0.309 e. The summed E-state index contributed by atoms with van der Waals surface area (Å²) in [5.41, 5.74) is 1.41. The fraction of sp³-hybridized carbons (Fsp3) is 0.222. The van der Waals surface area contributed by atoms with E-state index in [1.165, 1.54) is 31.4 Å². The van der Waals surface area contributed by atoms with E-state index in [4.69, 9.17) is 16.3 Å². The Morgan fingerprint density at radius 1 is 1.08 bits per heavy atom. The van der Waals surface area contributed by atoms with Crippen LogP contribution in [0, 0.1) is 5.82 Å². The molecule has 0 heterocycles. The number of amides is 2. The molecule has 0 saturated carbocycles. The van der Waals surface area contributed by atoms with Crippen LogP contribution in [0.1, 0.15) is 17.2 Å². The lowest BCUT2D eigenvalue weighted by Crippen LogP contribution is -2.41. The highest BCUT2D eigenvalue weighted by molar-refractivity contribution is 6.35. The third-order valence-electron chi connectivity index (χ3n) is 3.56. The first-order valence-electron chi connectivity index (χ1n) is 7.59. The average Bonchev–Trinajstić information content (AvgIpc) is 2.62. The summed E-state index contributed by atoms with van der Waals surface area (Å²) in [6.07, 6.45) is -0.470. The summed E-state index contributed by atoms with van der Waals surface area (Å²) in [5, 5.41) is 5.50. The Labute approximate surface area is 150 Å². The SMILES string of the molecule is COC(CNC(=O)C(=O)NCc1ccc(F)cc1)c1ccccc1Cl.